The van der Waals surface area contributed by atoms with E-state index in [-0.39, 0.29) is 5.56 Å². The van der Waals surface area contributed by atoms with Gasteiger partial charge in [0.05, 0.1) is 18.5 Å². The number of rotatable bonds is 4. The zero-order valence-electron chi connectivity index (χ0n) is 14.2. The van der Waals surface area contributed by atoms with E-state index >= 15 is 0 Å². The van der Waals surface area contributed by atoms with Gasteiger partial charge < -0.3 is 4.74 Å². The van der Waals surface area contributed by atoms with E-state index in [9.17, 15) is 4.79 Å². The summed E-state index contributed by atoms with van der Waals surface area (Å²) in [7, 11) is 1.64. The molecule has 0 aliphatic rings. The van der Waals surface area contributed by atoms with Gasteiger partial charge in [0.25, 0.3) is 5.56 Å². The fourth-order valence-electron chi connectivity index (χ4n) is 3.14. The lowest BCUT2D eigenvalue weighted by Gasteiger charge is -2.09. The maximum Gasteiger partial charge on any atom is 0.262 e. The number of hydrogen-bond donors (Lipinski definition) is 0. The first-order valence-corrected chi connectivity index (χ1v) is 9.04. The maximum absolute atomic E-state index is 13.0. The summed E-state index contributed by atoms with van der Waals surface area (Å²) < 4.78 is 6.83. The standard InChI is InChI=1S/C20H18N2O2S/c1-13-21-19-18(20(23)22(13)9-10-24-2)17(12-25-19)16-8-7-14-5-3-4-6-15(14)11-16/h3-8,11-12H,9-10H2,1-2H3. The highest BCUT2D eigenvalue weighted by molar-refractivity contribution is 7.17. The quantitative estimate of drug-likeness (QED) is 0.553. The first kappa shape index (κ1) is 16.0. The Kier molecular flexibility index (Phi) is 4.11. The van der Waals surface area contributed by atoms with E-state index < -0.39 is 0 Å². The zero-order valence-corrected chi connectivity index (χ0v) is 15.0. The Bertz CT molecular complexity index is 1130. The molecule has 0 N–H and O–H groups in total. The molecule has 5 heteroatoms. The second-order valence-electron chi connectivity index (χ2n) is 6.00. The van der Waals surface area contributed by atoms with Crippen LogP contribution in [0.2, 0.25) is 0 Å². The van der Waals surface area contributed by atoms with Crippen molar-refractivity contribution in [1.29, 1.82) is 0 Å². The minimum Gasteiger partial charge on any atom is -0.383 e. The average molecular weight is 350 g/mol. The molecule has 0 aliphatic heterocycles. The molecule has 0 unspecified atom stereocenters. The van der Waals surface area contributed by atoms with Gasteiger partial charge in [-0.25, -0.2) is 4.98 Å². The molecule has 2 aromatic heterocycles. The van der Waals surface area contributed by atoms with Gasteiger partial charge in [-0.15, -0.1) is 11.3 Å². The van der Waals surface area contributed by atoms with E-state index in [1.54, 1.807) is 11.7 Å². The molecule has 4 nitrogen and oxygen atoms in total. The first-order chi connectivity index (χ1) is 12.2. The minimum absolute atomic E-state index is 0.00367. The first-order valence-electron chi connectivity index (χ1n) is 8.16. The van der Waals surface area contributed by atoms with E-state index in [0.29, 0.717) is 18.5 Å². The molecule has 2 heterocycles. The second kappa shape index (κ2) is 6.43. The highest BCUT2D eigenvalue weighted by Crippen LogP contribution is 2.32. The van der Waals surface area contributed by atoms with Crippen LogP contribution in [0.15, 0.2) is 52.6 Å². The van der Waals surface area contributed by atoms with Gasteiger partial charge in [-0.3, -0.25) is 9.36 Å². The number of aryl methyl sites for hydroxylation is 1. The van der Waals surface area contributed by atoms with Crippen LogP contribution in [0.3, 0.4) is 0 Å². The third kappa shape index (κ3) is 2.75. The van der Waals surface area contributed by atoms with Gasteiger partial charge in [-0.2, -0.15) is 0 Å². The van der Waals surface area contributed by atoms with Gasteiger partial charge in [0.15, 0.2) is 0 Å². The van der Waals surface area contributed by atoms with Crippen molar-refractivity contribution < 1.29 is 4.74 Å². The van der Waals surface area contributed by atoms with Crippen molar-refractivity contribution in [2.75, 3.05) is 13.7 Å². The molecule has 4 aromatic rings. The number of ether oxygens (including phenoxy) is 1. The Labute approximate surface area is 149 Å². The van der Waals surface area contributed by atoms with E-state index in [0.717, 1.165) is 21.8 Å². The van der Waals surface area contributed by atoms with Gasteiger partial charge in [0.1, 0.15) is 10.7 Å². The van der Waals surface area contributed by atoms with Crippen LogP contribution in [0.25, 0.3) is 32.1 Å². The number of aromatic nitrogens is 2. The molecule has 0 spiro atoms. The van der Waals surface area contributed by atoms with E-state index in [4.69, 9.17) is 4.74 Å². The predicted octanol–water partition coefficient (Wildman–Crippen LogP) is 4.23. The predicted molar refractivity (Wildman–Crippen MR) is 103 cm³/mol. The van der Waals surface area contributed by atoms with Crippen molar-refractivity contribution in [1.82, 2.24) is 9.55 Å². The lowest BCUT2D eigenvalue weighted by Crippen LogP contribution is -2.25. The van der Waals surface area contributed by atoms with Crippen LogP contribution in [-0.2, 0) is 11.3 Å². The molecule has 126 valence electrons. The average Bonchev–Trinajstić information content (AvgIpc) is 3.05. The Morgan fingerprint density at radius 1 is 1.16 bits per heavy atom. The molecule has 4 rings (SSSR count). The Morgan fingerprint density at radius 3 is 2.76 bits per heavy atom. The highest BCUT2D eigenvalue weighted by atomic mass is 32.1. The lowest BCUT2D eigenvalue weighted by atomic mass is 10.0. The van der Waals surface area contributed by atoms with E-state index in [1.807, 2.05) is 24.4 Å². The molecule has 0 aliphatic carbocycles. The van der Waals surface area contributed by atoms with Crippen molar-refractivity contribution >= 4 is 32.3 Å². The zero-order chi connectivity index (χ0) is 17.4. The number of thiophene rings is 1. The van der Waals surface area contributed by atoms with Gasteiger partial charge in [0, 0.05) is 18.1 Å². The molecule has 0 bridgehead atoms. The number of benzene rings is 2. The Balaban J connectivity index is 1.93. The molecule has 0 amide bonds. The van der Waals surface area contributed by atoms with Crippen LogP contribution in [0, 0.1) is 6.92 Å². The topological polar surface area (TPSA) is 44.1 Å². The van der Waals surface area contributed by atoms with Crippen molar-refractivity contribution in [2.24, 2.45) is 0 Å². The fourth-order valence-corrected chi connectivity index (χ4v) is 4.12. The van der Waals surface area contributed by atoms with Crippen molar-refractivity contribution in [2.45, 2.75) is 13.5 Å². The van der Waals surface area contributed by atoms with Crippen LogP contribution in [-0.4, -0.2) is 23.3 Å². The van der Waals surface area contributed by atoms with Crippen molar-refractivity contribution in [3.05, 3.63) is 64.0 Å². The second-order valence-corrected chi connectivity index (χ2v) is 6.86. The lowest BCUT2D eigenvalue weighted by molar-refractivity contribution is 0.185. The number of hydrogen-bond acceptors (Lipinski definition) is 4. The SMILES string of the molecule is COCCn1c(C)nc2scc(-c3ccc4ccccc4c3)c2c1=O. The Morgan fingerprint density at radius 2 is 1.96 bits per heavy atom. The van der Waals surface area contributed by atoms with Crippen LogP contribution < -0.4 is 5.56 Å². The summed E-state index contributed by atoms with van der Waals surface area (Å²) in [4.78, 5) is 18.5. The van der Waals surface area contributed by atoms with Gasteiger partial charge in [-0.1, -0.05) is 36.4 Å². The summed E-state index contributed by atoms with van der Waals surface area (Å²) in [5.41, 5.74) is 2.00. The number of methoxy groups -OCH3 is 1. The van der Waals surface area contributed by atoms with Crippen molar-refractivity contribution in [3.8, 4) is 11.1 Å². The number of nitrogens with zero attached hydrogens (tertiary/aromatic N) is 2. The highest BCUT2D eigenvalue weighted by Gasteiger charge is 2.15. The summed E-state index contributed by atoms with van der Waals surface area (Å²) >= 11 is 1.52. The fraction of sp³-hybridized carbons (Fsp3) is 0.200. The number of fused-ring (bicyclic) bond motifs is 2. The molecule has 0 saturated carbocycles. The normalized spacial score (nSPS) is 11.4. The molecule has 0 fully saturated rings. The largest absolute Gasteiger partial charge is 0.383 e. The third-order valence-corrected chi connectivity index (χ3v) is 5.34. The molecular weight excluding hydrogens is 332 g/mol. The molecule has 0 radical (unpaired) electrons. The molecule has 2 aromatic carbocycles. The summed E-state index contributed by atoms with van der Waals surface area (Å²) in [6.45, 7) is 2.87. The minimum atomic E-state index is 0.00367. The van der Waals surface area contributed by atoms with Gasteiger partial charge >= 0.3 is 0 Å². The molecule has 25 heavy (non-hydrogen) atoms. The van der Waals surface area contributed by atoms with Gasteiger partial charge in [0.2, 0.25) is 0 Å². The molecule has 0 atom stereocenters. The summed E-state index contributed by atoms with van der Waals surface area (Å²) in [6, 6.07) is 14.5. The smallest absolute Gasteiger partial charge is 0.262 e. The molecule has 0 saturated heterocycles. The maximum atomic E-state index is 13.0. The Hall–Kier alpha value is -2.50. The van der Waals surface area contributed by atoms with Crippen molar-refractivity contribution in [3.63, 3.8) is 0 Å². The van der Waals surface area contributed by atoms with Crippen LogP contribution in [0.1, 0.15) is 5.82 Å². The van der Waals surface area contributed by atoms with Crippen LogP contribution >= 0.6 is 11.3 Å². The van der Waals surface area contributed by atoms with E-state index in [1.165, 1.54) is 22.1 Å². The summed E-state index contributed by atoms with van der Waals surface area (Å²) in [5, 5.41) is 5.09. The molecular formula is C20H18N2O2S. The summed E-state index contributed by atoms with van der Waals surface area (Å²) in [6.07, 6.45) is 0. The van der Waals surface area contributed by atoms with E-state index in [2.05, 4.69) is 35.3 Å². The van der Waals surface area contributed by atoms with Crippen LogP contribution in [0.5, 0.6) is 0 Å². The third-order valence-electron chi connectivity index (χ3n) is 4.46. The van der Waals surface area contributed by atoms with Gasteiger partial charge in [-0.05, 0) is 29.3 Å². The summed E-state index contributed by atoms with van der Waals surface area (Å²) in [5.74, 6) is 0.724. The van der Waals surface area contributed by atoms with Crippen LogP contribution in [0.4, 0.5) is 0 Å². The monoisotopic (exact) mass is 350 g/mol.